The van der Waals surface area contributed by atoms with E-state index in [-0.39, 0.29) is 17.3 Å². The molecule has 3 nitrogen and oxygen atoms in total. The quantitative estimate of drug-likeness (QED) is 0.773. The maximum Gasteiger partial charge on any atom is 0.169 e. The van der Waals surface area contributed by atoms with Gasteiger partial charge in [-0.1, -0.05) is 32.1 Å². The summed E-state index contributed by atoms with van der Waals surface area (Å²) in [7, 11) is 2.94. The molecule has 1 fully saturated rings. The molecule has 0 atom stereocenters. The fourth-order valence-corrected chi connectivity index (χ4v) is 2.98. The Labute approximate surface area is 125 Å². The topological polar surface area (TPSA) is 35.5 Å². The van der Waals surface area contributed by atoms with Gasteiger partial charge in [0.25, 0.3) is 0 Å². The number of benzene rings is 1. The van der Waals surface area contributed by atoms with Crippen LogP contribution in [0, 0.1) is 11.7 Å². The summed E-state index contributed by atoms with van der Waals surface area (Å²) in [5.74, 6) is 0.00488. The fourth-order valence-electron chi connectivity index (χ4n) is 2.98. The molecule has 0 N–H and O–H groups in total. The van der Waals surface area contributed by atoms with E-state index in [0.717, 1.165) is 38.5 Å². The van der Waals surface area contributed by atoms with Gasteiger partial charge in [-0.15, -0.1) is 0 Å². The second-order valence-corrected chi connectivity index (χ2v) is 5.59. The highest BCUT2D eigenvalue weighted by Crippen LogP contribution is 2.33. The van der Waals surface area contributed by atoms with Gasteiger partial charge < -0.3 is 9.47 Å². The van der Waals surface area contributed by atoms with Crippen LogP contribution in [0.2, 0.25) is 0 Å². The Bertz CT molecular complexity index is 491. The molecule has 1 aliphatic carbocycles. The van der Waals surface area contributed by atoms with Crippen molar-refractivity contribution < 1.29 is 18.7 Å². The molecule has 0 unspecified atom stereocenters. The summed E-state index contributed by atoms with van der Waals surface area (Å²) in [6, 6.07) is 2.70. The Kier molecular flexibility index (Phi) is 5.59. The van der Waals surface area contributed by atoms with Crippen LogP contribution >= 0.6 is 0 Å². The minimum atomic E-state index is -0.528. The zero-order valence-electron chi connectivity index (χ0n) is 12.8. The monoisotopic (exact) mass is 294 g/mol. The van der Waals surface area contributed by atoms with E-state index in [1.807, 2.05) is 0 Å². The molecule has 4 heteroatoms. The van der Waals surface area contributed by atoms with Gasteiger partial charge in [0.1, 0.15) is 5.82 Å². The van der Waals surface area contributed by atoms with Gasteiger partial charge in [-0.25, -0.2) is 4.39 Å². The molecule has 2 rings (SSSR count). The van der Waals surface area contributed by atoms with Crippen LogP contribution in [-0.4, -0.2) is 20.0 Å². The molecule has 116 valence electrons. The average molecular weight is 294 g/mol. The van der Waals surface area contributed by atoms with Crippen LogP contribution in [0.5, 0.6) is 11.5 Å². The van der Waals surface area contributed by atoms with Crippen molar-refractivity contribution in [3.05, 3.63) is 23.5 Å². The zero-order chi connectivity index (χ0) is 15.2. The van der Waals surface area contributed by atoms with E-state index >= 15 is 0 Å². The van der Waals surface area contributed by atoms with Gasteiger partial charge in [0.05, 0.1) is 19.8 Å². The molecule has 0 aliphatic heterocycles. The number of ketones is 1. The fraction of sp³-hybridized carbons (Fsp3) is 0.588. The predicted octanol–water partition coefficient (Wildman–Crippen LogP) is 4.39. The molecule has 0 saturated heterocycles. The standard InChI is InChI=1S/C17H23FO3/c1-20-15-10-13(14(18)11-16(15)21-2)17(19)12-8-6-4-3-5-7-9-12/h10-12H,3-9H2,1-2H3. The Morgan fingerprint density at radius 3 is 2.10 bits per heavy atom. The third-order valence-corrected chi connectivity index (χ3v) is 4.21. The lowest BCUT2D eigenvalue weighted by Crippen LogP contribution is -2.18. The minimum Gasteiger partial charge on any atom is -0.493 e. The van der Waals surface area contributed by atoms with Gasteiger partial charge in [-0.05, 0) is 18.9 Å². The van der Waals surface area contributed by atoms with Crippen molar-refractivity contribution in [1.29, 1.82) is 0 Å². The zero-order valence-corrected chi connectivity index (χ0v) is 12.8. The molecule has 21 heavy (non-hydrogen) atoms. The van der Waals surface area contributed by atoms with Crippen molar-refractivity contribution in [1.82, 2.24) is 0 Å². The number of hydrogen-bond acceptors (Lipinski definition) is 3. The molecule has 0 amide bonds. The van der Waals surface area contributed by atoms with Crippen molar-refractivity contribution in [3.63, 3.8) is 0 Å². The summed E-state index contributed by atoms with van der Waals surface area (Å²) in [5, 5.41) is 0. The predicted molar refractivity (Wildman–Crippen MR) is 79.6 cm³/mol. The van der Waals surface area contributed by atoms with Gasteiger partial charge in [0, 0.05) is 12.0 Å². The summed E-state index contributed by atoms with van der Waals surface area (Å²) < 4.78 is 24.4. The lowest BCUT2D eigenvalue weighted by molar-refractivity contribution is 0.0893. The normalized spacial score (nSPS) is 16.9. The first-order chi connectivity index (χ1) is 10.2. The maximum atomic E-state index is 14.2. The van der Waals surface area contributed by atoms with Crippen LogP contribution in [0.3, 0.4) is 0 Å². The first-order valence-electron chi connectivity index (χ1n) is 7.63. The highest BCUT2D eigenvalue weighted by atomic mass is 19.1. The summed E-state index contributed by atoms with van der Waals surface area (Å²) in [6.07, 6.45) is 7.37. The van der Waals surface area contributed by atoms with Gasteiger partial charge >= 0.3 is 0 Å². The van der Waals surface area contributed by atoms with E-state index in [1.165, 1.54) is 32.8 Å². The van der Waals surface area contributed by atoms with Gasteiger partial charge in [-0.3, -0.25) is 4.79 Å². The van der Waals surface area contributed by atoms with E-state index in [9.17, 15) is 9.18 Å². The van der Waals surface area contributed by atoms with Crippen molar-refractivity contribution in [2.24, 2.45) is 5.92 Å². The van der Waals surface area contributed by atoms with Crippen LogP contribution < -0.4 is 9.47 Å². The Balaban J connectivity index is 2.24. The number of Topliss-reactive ketones (excluding diaryl/α,β-unsaturated/α-hetero) is 1. The van der Waals surface area contributed by atoms with Crippen LogP contribution in [-0.2, 0) is 0 Å². The van der Waals surface area contributed by atoms with Crippen LogP contribution in [0.15, 0.2) is 12.1 Å². The van der Waals surface area contributed by atoms with E-state index < -0.39 is 5.82 Å². The van der Waals surface area contributed by atoms with E-state index in [0.29, 0.717) is 11.5 Å². The molecule has 0 bridgehead atoms. The lowest BCUT2D eigenvalue weighted by atomic mass is 9.85. The molecule has 0 radical (unpaired) electrons. The highest BCUT2D eigenvalue weighted by Gasteiger charge is 2.25. The molecule has 0 aromatic heterocycles. The summed E-state index contributed by atoms with van der Waals surface area (Å²) in [6.45, 7) is 0. The lowest BCUT2D eigenvalue weighted by Gasteiger charge is -2.19. The number of methoxy groups -OCH3 is 2. The van der Waals surface area contributed by atoms with E-state index in [2.05, 4.69) is 0 Å². The molecular formula is C17H23FO3. The van der Waals surface area contributed by atoms with Crippen molar-refractivity contribution >= 4 is 5.78 Å². The van der Waals surface area contributed by atoms with Gasteiger partial charge in [-0.2, -0.15) is 0 Å². The average Bonchev–Trinajstić information content (AvgIpc) is 2.46. The molecule has 0 heterocycles. The number of halogens is 1. The maximum absolute atomic E-state index is 14.2. The third-order valence-electron chi connectivity index (χ3n) is 4.21. The van der Waals surface area contributed by atoms with Crippen LogP contribution in [0.1, 0.15) is 55.3 Å². The van der Waals surface area contributed by atoms with E-state index in [4.69, 9.17) is 9.47 Å². The third kappa shape index (κ3) is 3.74. The Morgan fingerprint density at radius 2 is 1.52 bits per heavy atom. The van der Waals surface area contributed by atoms with Crippen molar-refractivity contribution in [2.75, 3.05) is 14.2 Å². The number of rotatable bonds is 4. The number of carbonyl (C=O) groups excluding carboxylic acids is 1. The number of carbonyl (C=O) groups is 1. The molecular weight excluding hydrogens is 271 g/mol. The van der Waals surface area contributed by atoms with Gasteiger partial charge in [0.15, 0.2) is 17.3 Å². The molecule has 1 aliphatic rings. The first kappa shape index (κ1) is 15.8. The smallest absolute Gasteiger partial charge is 0.169 e. The summed E-state index contributed by atoms with van der Waals surface area (Å²) in [5.41, 5.74) is 0.123. The second-order valence-electron chi connectivity index (χ2n) is 5.59. The van der Waals surface area contributed by atoms with Gasteiger partial charge in [0.2, 0.25) is 0 Å². The highest BCUT2D eigenvalue weighted by molar-refractivity contribution is 5.98. The molecule has 0 spiro atoms. The molecule has 1 aromatic carbocycles. The van der Waals surface area contributed by atoms with Crippen molar-refractivity contribution in [3.8, 4) is 11.5 Å². The van der Waals surface area contributed by atoms with Crippen LogP contribution in [0.4, 0.5) is 4.39 Å². The number of hydrogen-bond donors (Lipinski definition) is 0. The van der Waals surface area contributed by atoms with Crippen LogP contribution in [0.25, 0.3) is 0 Å². The van der Waals surface area contributed by atoms with Crippen molar-refractivity contribution in [2.45, 2.75) is 44.9 Å². The first-order valence-corrected chi connectivity index (χ1v) is 7.63. The molecule has 1 aromatic rings. The SMILES string of the molecule is COc1cc(F)c(C(=O)C2CCCCCCC2)cc1OC. The summed E-state index contributed by atoms with van der Waals surface area (Å²) >= 11 is 0. The second kappa shape index (κ2) is 7.43. The Morgan fingerprint density at radius 1 is 1.00 bits per heavy atom. The molecule has 1 saturated carbocycles. The summed E-state index contributed by atoms with van der Waals surface area (Å²) in [4.78, 5) is 12.6. The Hall–Kier alpha value is -1.58. The minimum absolute atomic E-state index is 0.0714. The largest absolute Gasteiger partial charge is 0.493 e. The van der Waals surface area contributed by atoms with E-state index in [1.54, 1.807) is 0 Å². The number of ether oxygens (including phenoxy) is 2.